The van der Waals surface area contributed by atoms with Gasteiger partial charge >= 0.3 is 11.7 Å². The molecule has 0 heterocycles. The lowest BCUT2D eigenvalue weighted by Gasteiger charge is -2.06. The van der Waals surface area contributed by atoms with Gasteiger partial charge in [0.2, 0.25) is 5.82 Å². The summed E-state index contributed by atoms with van der Waals surface area (Å²) in [4.78, 5) is 31.2. The van der Waals surface area contributed by atoms with Crippen LogP contribution in [-0.4, -0.2) is 28.5 Å². The van der Waals surface area contributed by atoms with Crippen molar-refractivity contribution in [2.45, 2.75) is 12.8 Å². The van der Waals surface area contributed by atoms with Crippen LogP contribution in [0.1, 0.15) is 23.2 Å². The summed E-state index contributed by atoms with van der Waals surface area (Å²) in [6, 6.07) is 1.24. The van der Waals surface area contributed by atoms with E-state index in [1.165, 1.54) is 0 Å². The number of halogens is 2. The number of carbonyl (C=O) groups is 2. The Hall–Kier alpha value is -2.58. The van der Waals surface area contributed by atoms with Crippen LogP contribution in [0.4, 0.5) is 14.5 Å². The van der Waals surface area contributed by atoms with Crippen LogP contribution < -0.4 is 5.32 Å². The topological polar surface area (TPSA) is 110 Å². The molecule has 7 nitrogen and oxygen atoms in total. The molecular weight excluding hydrogens is 278 g/mol. The molecule has 1 rings (SSSR count). The Kier molecular flexibility index (Phi) is 5.07. The Bertz CT molecular complexity index is 562. The van der Waals surface area contributed by atoms with Gasteiger partial charge in [0.05, 0.1) is 4.92 Å². The zero-order valence-corrected chi connectivity index (χ0v) is 10.1. The number of hydrogen-bond donors (Lipinski definition) is 2. The highest BCUT2D eigenvalue weighted by atomic mass is 19.1. The zero-order chi connectivity index (χ0) is 15.3. The van der Waals surface area contributed by atoms with E-state index in [-0.39, 0.29) is 19.4 Å². The van der Waals surface area contributed by atoms with Crippen LogP contribution in [0.15, 0.2) is 12.1 Å². The largest absolute Gasteiger partial charge is 0.481 e. The van der Waals surface area contributed by atoms with E-state index in [0.717, 1.165) is 0 Å². The van der Waals surface area contributed by atoms with E-state index in [1.54, 1.807) is 0 Å². The first kappa shape index (κ1) is 15.5. The summed E-state index contributed by atoms with van der Waals surface area (Å²) < 4.78 is 27.0. The Morgan fingerprint density at radius 2 is 2.00 bits per heavy atom. The van der Waals surface area contributed by atoms with Crippen molar-refractivity contribution in [1.82, 2.24) is 5.32 Å². The van der Waals surface area contributed by atoms with Crippen molar-refractivity contribution >= 4 is 17.6 Å². The highest BCUT2D eigenvalue weighted by molar-refractivity contribution is 5.95. The monoisotopic (exact) mass is 288 g/mol. The smallest absolute Gasteiger partial charge is 0.305 e. The number of amides is 1. The minimum atomic E-state index is -1.56. The van der Waals surface area contributed by atoms with Gasteiger partial charge in [-0.25, -0.2) is 4.39 Å². The van der Waals surface area contributed by atoms with Crippen molar-refractivity contribution in [3.8, 4) is 0 Å². The van der Waals surface area contributed by atoms with Gasteiger partial charge in [0.15, 0.2) is 0 Å². The van der Waals surface area contributed by atoms with Crippen LogP contribution in [0.3, 0.4) is 0 Å². The lowest BCUT2D eigenvalue weighted by molar-refractivity contribution is -0.387. The fourth-order valence-corrected chi connectivity index (χ4v) is 1.42. The third-order valence-corrected chi connectivity index (χ3v) is 2.35. The number of benzene rings is 1. The third kappa shape index (κ3) is 3.70. The Labute approximate surface area is 111 Å². The summed E-state index contributed by atoms with van der Waals surface area (Å²) in [5.74, 6) is -5.05. The molecule has 2 N–H and O–H groups in total. The van der Waals surface area contributed by atoms with Crippen LogP contribution in [0, 0.1) is 21.7 Å². The average molecular weight is 288 g/mol. The molecule has 0 fully saturated rings. The number of carboxylic acids is 1. The summed E-state index contributed by atoms with van der Waals surface area (Å²) in [7, 11) is 0. The van der Waals surface area contributed by atoms with E-state index < -0.39 is 39.7 Å². The number of nitro benzene ring substituents is 1. The summed E-state index contributed by atoms with van der Waals surface area (Å²) in [5.41, 5.74) is -2.07. The second-order valence-electron chi connectivity index (χ2n) is 3.77. The minimum absolute atomic E-state index is 0.0687. The zero-order valence-electron chi connectivity index (χ0n) is 10.1. The van der Waals surface area contributed by atoms with E-state index in [9.17, 15) is 28.5 Å². The van der Waals surface area contributed by atoms with Crippen molar-refractivity contribution in [2.24, 2.45) is 0 Å². The molecule has 0 spiro atoms. The minimum Gasteiger partial charge on any atom is -0.481 e. The molecule has 0 saturated heterocycles. The summed E-state index contributed by atoms with van der Waals surface area (Å²) in [6.45, 7) is -0.118. The van der Waals surface area contributed by atoms with Gasteiger partial charge in [0.1, 0.15) is 11.4 Å². The number of rotatable bonds is 6. The maximum Gasteiger partial charge on any atom is 0.305 e. The van der Waals surface area contributed by atoms with Crippen LogP contribution in [0.5, 0.6) is 0 Å². The van der Waals surface area contributed by atoms with Crippen molar-refractivity contribution in [2.75, 3.05) is 6.54 Å². The first-order chi connectivity index (χ1) is 9.34. The van der Waals surface area contributed by atoms with Gasteiger partial charge in [-0.1, -0.05) is 0 Å². The van der Waals surface area contributed by atoms with E-state index in [1.807, 2.05) is 0 Å². The van der Waals surface area contributed by atoms with Crippen molar-refractivity contribution in [3.63, 3.8) is 0 Å². The molecular formula is C11H10F2N2O5. The maximum absolute atomic E-state index is 13.6. The second kappa shape index (κ2) is 6.55. The lowest BCUT2D eigenvalue weighted by atomic mass is 10.1. The van der Waals surface area contributed by atoms with Crippen molar-refractivity contribution in [3.05, 3.63) is 39.4 Å². The maximum atomic E-state index is 13.6. The number of carboxylic acid groups (broad SMARTS) is 1. The third-order valence-electron chi connectivity index (χ3n) is 2.35. The molecule has 1 amide bonds. The fraction of sp³-hybridized carbons (Fsp3) is 0.273. The van der Waals surface area contributed by atoms with Gasteiger partial charge in [-0.2, -0.15) is 4.39 Å². The molecule has 9 heteroatoms. The SMILES string of the molecule is O=C(O)CCCNC(=O)c1c(F)ccc([N+](=O)[O-])c1F. The molecule has 20 heavy (non-hydrogen) atoms. The first-order valence-electron chi connectivity index (χ1n) is 5.47. The van der Waals surface area contributed by atoms with Crippen molar-refractivity contribution < 1.29 is 28.4 Å². The number of aliphatic carboxylic acids is 1. The molecule has 0 aliphatic heterocycles. The fourth-order valence-electron chi connectivity index (χ4n) is 1.42. The molecule has 1 aromatic carbocycles. The van der Waals surface area contributed by atoms with E-state index in [0.29, 0.717) is 12.1 Å². The van der Waals surface area contributed by atoms with Gasteiger partial charge in [0, 0.05) is 19.0 Å². The van der Waals surface area contributed by atoms with Gasteiger partial charge < -0.3 is 10.4 Å². The van der Waals surface area contributed by atoms with Crippen LogP contribution in [0.2, 0.25) is 0 Å². The summed E-state index contributed by atoms with van der Waals surface area (Å²) >= 11 is 0. The molecule has 0 saturated carbocycles. The highest BCUT2D eigenvalue weighted by Gasteiger charge is 2.25. The second-order valence-corrected chi connectivity index (χ2v) is 3.77. The molecule has 0 atom stereocenters. The molecule has 0 bridgehead atoms. The number of nitrogens with one attached hydrogen (secondary N) is 1. The molecule has 0 unspecified atom stereocenters. The van der Waals surface area contributed by atoms with Crippen molar-refractivity contribution in [1.29, 1.82) is 0 Å². The number of hydrogen-bond acceptors (Lipinski definition) is 4. The Morgan fingerprint density at radius 3 is 2.55 bits per heavy atom. The molecule has 0 aliphatic carbocycles. The van der Waals surface area contributed by atoms with E-state index >= 15 is 0 Å². The lowest BCUT2D eigenvalue weighted by Crippen LogP contribution is -2.27. The number of carbonyl (C=O) groups excluding carboxylic acids is 1. The van der Waals surface area contributed by atoms with Crippen LogP contribution in [0.25, 0.3) is 0 Å². The Morgan fingerprint density at radius 1 is 1.35 bits per heavy atom. The number of nitro groups is 1. The highest BCUT2D eigenvalue weighted by Crippen LogP contribution is 2.22. The van der Waals surface area contributed by atoms with Gasteiger partial charge in [-0.15, -0.1) is 0 Å². The molecule has 0 aromatic heterocycles. The average Bonchev–Trinajstić information content (AvgIpc) is 2.34. The quantitative estimate of drug-likeness (QED) is 0.468. The van der Waals surface area contributed by atoms with Crippen LogP contribution in [-0.2, 0) is 4.79 Å². The molecule has 0 aliphatic rings. The van der Waals surface area contributed by atoms with Gasteiger partial charge in [0.25, 0.3) is 5.91 Å². The predicted molar refractivity (Wildman–Crippen MR) is 62.2 cm³/mol. The summed E-state index contributed by atoms with van der Waals surface area (Å²) in [5, 5.41) is 21.0. The van der Waals surface area contributed by atoms with Gasteiger partial charge in [-0.3, -0.25) is 19.7 Å². The molecule has 0 radical (unpaired) electrons. The van der Waals surface area contributed by atoms with E-state index in [4.69, 9.17) is 5.11 Å². The standard InChI is InChI=1S/C11H10F2N2O5/c12-6-3-4-7(15(19)20)10(13)9(6)11(18)14-5-1-2-8(16)17/h3-4H,1-2,5H2,(H,14,18)(H,16,17). The normalized spacial score (nSPS) is 10.1. The molecule has 108 valence electrons. The van der Waals surface area contributed by atoms with E-state index in [2.05, 4.69) is 5.32 Å². The Balaban J connectivity index is 2.84. The van der Waals surface area contributed by atoms with Crippen LogP contribution >= 0.6 is 0 Å². The predicted octanol–water partition coefficient (Wildman–Crippen LogP) is 1.47. The first-order valence-corrected chi connectivity index (χ1v) is 5.47. The molecule has 1 aromatic rings. The summed E-state index contributed by atoms with van der Waals surface area (Å²) in [6.07, 6.45) is -0.153. The van der Waals surface area contributed by atoms with Gasteiger partial charge in [-0.05, 0) is 12.5 Å². The number of nitrogens with zero attached hydrogens (tertiary/aromatic N) is 1.